The van der Waals surface area contributed by atoms with Crippen LogP contribution in [0.15, 0.2) is 28.7 Å². The minimum Gasteiger partial charge on any atom is -0.312 e. The first-order valence-corrected chi connectivity index (χ1v) is 7.15. The first-order valence-electron chi connectivity index (χ1n) is 4.63. The summed E-state index contributed by atoms with van der Waals surface area (Å²) >= 11 is 3.36. The predicted molar refractivity (Wildman–Crippen MR) is 64.1 cm³/mol. The fraction of sp³-hybridized carbons (Fsp3) is 0.400. The van der Waals surface area contributed by atoms with Gasteiger partial charge in [0.25, 0.3) is 0 Å². The summed E-state index contributed by atoms with van der Waals surface area (Å²) in [7, 11) is -1.55. The van der Waals surface area contributed by atoms with E-state index in [-0.39, 0.29) is 0 Å². The average molecular weight is 293 g/mol. The summed E-state index contributed by atoms with van der Waals surface area (Å²) in [5.41, 5.74) is 0.933. The zero-order valence-electron chi connectivity index (χ0n) is 8.77. The third-order valence-corrected chi connectivity index (χ3v) is 4.32. The Bertz CT molecular complexity index is 367. The molecule has 15 heavy (non-hydrogen) atoms. The molecule has 0 aliphatic carbocycles. The molecular weight excluding hydrogens is 279 g/mol. The van der Waals surface area contributed by atoms with Crippen LogP contribution in [0.1, 0.15) is 12.5 Å². The molecule has 5 heteroatoms. The molecule has 1 unspecified atom stereocenters. The summed E-state index contributed by atoms with van der Waals surface area (Å²) in [5, 5.41) is 0. The molecule has 0 N–H and O–H groups in total. The van der Waals surface area contributed by atoms with Gasteiger partial charge in [-0.05, 0) is 24.6 Å². The third-order valence-electron chi connectivity index (χ3n) is 1.87. The Morgan fingerprint density at radius 1 is 1.47 bits per heavy atom. The quantitative estimate of drug-likeness (QED) is 0.774. The molecule has 1 rings (SSSR count). The van der Waals surface area contributed by atoms with Gasteiger partial charge in [-0.3, -0.25) is 4.57 Å². The maximum absolute atomic E-state index is 12.0. The second-order valence-electron chi connectivity index (χ2n) is 3.00. The molecule has 0 saturated heterocycles. The Hall–Kier alpha value is -0.150. The van der Waals surface area contributed by atoms with Crippen molar-refractivity contribution in [3.05, 3.63) is 34.3 Å². The van der Waals surface area contributed by atoms with E-state index in [0.717, 1.165) is 10.0 Å². The van der Waals surface area contributed by atoms with Crippen molar-refractivity contribution in [2.75, 3.05) is 13.7 Å². The fourth-order valence-corrected chi connectivity index (χ4v) is 3.03. The van der Waals surface area contributed by atoms with Crippen molar-refractivity contribution in [2.24, 2.45) is 0 Å². The van der Waals surface area contributed by atoms with Crippen molar-refractivity contribution in [3.63, 3.8) is 0 Å². The first-order chi connectivity index (χ1) is 7.09. The van der Waals surface area contributed by atoms with Gasteiger partial charge in [-0.2, -0.15) is 0 Å². The van der Waals surface area contributed by atoms with Crippen LogP contribution in [0.25, 0.3) is 0 Å². The second kappa shape index (κ2) is 5.80. The summed E-state index contributed by atoms with van der Waals surface area (Å²) in [4.78, 5) is 0. The third kappa shape index (κ3) is 4.07. The molecular formula is C10H14BrO3P. The minimum absolute atomic E-state index is 0.302. The van der Waals surface area contributed by atoms with E-state index in [0.29, 0.717) is 12.8 Å². The van der Waals surface area contributed by atoms with Crippen LogP contribution in [0.5, 0.6) is 0 Å². The molecule has 3 nitrogen and oxygen atoms in total. The highest BCUT2D eigenvalue weighted by Crippen LogP contribution is 2.50. The first kappa shape index (κ1) is 12.9. The van der Waals surface area contributed by atoms with Crippen molar-refractivity contribution in [2.45, 2.75) is 13.1 Å². The molecule has 0 saturated carbocycles. The molecule has 0 spiro atoms. The number of halogens is 1. The SMILES string of the molecule is CCOP(=O)(Cc1cccc(Br)c1)OC. The number of hydrogen-bond donors (Lipinski definition) is 0. The van der Waals surface area contributed by atoms with Crippen LogP contribution in [-0.2, 0) is 19.8 Å². The molecule has 0 aliphatic heterocycles. The smallest absolute Gasteiger partial charge is 0.312 e. The zero-order chi connectivity index (χ0) is 11.3. The van der Waals surface area contributed by atoms with Crippen LogP contribution in [0.4, 0.5) is 0 Å². The highest BCUT2D eigenvalue weighted by atomic mass is 79.9. The molecule has 1 atom stereocenters. The van der Waals surface area contributed by atoms with Gasteiger partial charge in [-0.25, -0.2) is 0 Å². The lowest BCUT2D eigenvalue weighted by Gasteiger charge is -2.15. The maximum atomic E-state index is 12.0. The monoisotopic (exact) mass is 292 g/mol. The lowest BCUT2D eigenvalue weighted by atomic mass is 10.2. The topological polar surface area (TPSA) is 35.5 Å². The Labute approximate surface area is 98.4 Å². The minimum atomic E-state index is -2.96. The van der Waals surface area contributed by atoms with E-state index >= 15 is 0 Å². The van der Waals surface area contributed by atoms with Crippen LogP contribution in [0, 0.1) is 0 Å². The van der Waals surface area contributed by atoms with Gasteiger partial charge >= 0.3 is 7.60 Å². The summed E-state index contributed by atoms with van der Waals surface area (Å²) in [6.45, 7) is 2.19. The normalized spacial score (nSPS) is 14.9. The van der Waals surface area contributed by atoms with Crippen LogP contribution < -0.4 is 0 Å². The van der Waals surface area contributed by atoms with E-state index in [1.807, 2.05) is 24.3 Å². The Balaban J connectivity index is 2.79. The van der Waals surface area contributed by atoms with Crippen LogP contribution in [0.3, 0.4) is 0 Å². The van der Waals surface area contributed by atoms with Crippen LogP contribution in [0.2, 0.25) is 0 Å². The zero-order valence-corrected chi connectivity index (χ0v) is 11.3. The molecule has 1 aromatic rings. The summed E-state index contributed by atoms with van der Waals surface area (Å²) in [5.74, 6) is 0. The molecule has 0 radical (unpaired) electrons. The van der Waals surface area contributed by atoms with Crippen molar-refractivity contribution in [1.82, 2.24) is 0 Å². The van der Waals surface area contributed by atoms with Crippen LogP contribution >= 0.6 is 23.5 Å². The molecule has 0 aromatic heterocycles. The van der Waals surface area contributed by atoms with E-state index in [4.69, 9.17) is 9.05 Å². The number of rotatable bonds is 5. The maximum Gasteiger partial charge on any atom is 0.334 e. The van der Waals surface area contributed by atoms with Crippen LogP contribution in [-0.4, -0.2) is 13.7 Å². The van der Waals surface area contributed by atoms with Gasteiger partial charge in [-0.1, -0.05) is 28.1 Å². The number of benzene rings is 1. The molecule has 1 aromatic carbocycles. The summed E-state index contributed by atoms with van der Waals surface area (Å²) in [6, 6.07) is 7.62. The Kier molecular flexibility index (Phi) is 5.00. The lowest BCUT2D eigenvalue weighted by molar-refractivity contribution is 0.243. The van der Waals surface area contributed by atoms with Crippen molar-refractivity contribution < 1.29 is 13.6 Å². The fourth-order valence-electron chi connectivity index (χ4n) is 1.22. The lowest BCUT2D eigenvalue weighted by Crippen LogP contribution is -1.96. The van der Waals surface area contributed by atoms with Gasteiger partial charge in [0, 0.05) is 11.6 Å². The molecule has 84 valence electrons. The van der Waals surface area contributed by atoms with E-state index in [2.05, 4.69) is 15.9 Å². The Morgan fingerprint density at radius 2 is 2.20 bits per heavy atom. The van der Waals surface area contributed by atoms with Gasteiger partial charge in [0.2, 0.25) is 0 Å². The highest BCUT2D eigenvalue weighted by molar-refractivity contribution is 9.10. The molecule has 0 fully saturated rings. The average Bonchev–Trinajstić information content (AvgIpc) is 2.18. The van der Waals surface area contributed by atoms with Crippen molar-refractivity contribution >= 4 is 23.5 Å². The van der Waals surface area contributed by atoms with Crippen molar-refractivity contribution in [3.8, 4) is 0 Å². The molecule has 0 amide bonds. The standard InChI is InChI=1S/C10H14BrO3P/c1-3-14-15(12,13-2)8-9-5-4-6-10(11)7-9/h4-7H,3,8H2,1-2H3. The van der Waals surface area contributed by atoms with E-state index < -0.39 is 7.60 Å². The van der Waals surface area contributed by atoms with Gasteiger partial charge in [0.15, 0.2) is 0 Å². The second-order valence-corrected chi connectivity index (χ2v) is 6.08. The molecule has 0 bridgehead atoms. The van der Waals surface area contributed by atoms with Gasteiger partial charge < -0.3 is 9.05 Å². The van der Waals surface area contributed by atoms with E-state index in [9.17, 15) is 4.57 Å². The van der Waals surface area contributed by atoms with Gasteiger partial charge in [-0.15, -0.1) is 0 Å². The van der Waals surface area contributed by atoms with Gasteiger partial charge in [0.1, 0.15) is 0 Å². The van der Waals surface area contributed by atoms with E-state index in [1.165, 1.54) is 7.11 Å². The number of hydrogen-bond acceptors (Lipinski definition) is 3. The van der Waals surface area contributed by atoms with Gasteiger partial charge in [0.05, 0.1) is 12.8 Å². The summed E-state index contributed by atoms with van der Waals surface area (Å²) in [6.07, 6.45) is 0.302. The predicted octanol–water partition coefficient (Wildman–Crippen LogP) is 3.83. The largest absolute Gasteiger partial charge is 0.334 e. The highest BCUT2D eigenvalue weighted by Gasteiger charge is 2.22. The van der Waals surface area contributed by atoms with E-state index in [1.54, 1.807) is 6.92 Å². The summed E-state index contributed by atoms with van der Waals surface area (Å²) < 4.78 is 23.0. The Morgan fingerprint density at radius 3 is 2.73 bits per heavy atom. The molecule has 0 aliphatic rings. The molecule has 0 heterocycles. The van der Waals surface area contributed by atoms with Crippen molar-refractivity contribution in [1.29, 1.82) is 0 Å².